The highest BCUT2D eigenvalue weighted by Gasteiger charge is 2.35. The number of nitrogens with one attached hydrogen (secondary N) is 2. The molecule has 0 aromatic heterocycles. The van der Waals surface area contributed by atoms with Gasteiger partial charge in [0.05, 0.1) is 18.5 Å². The van der Waals surface area contributed by atoms with Gasteiger partial charge < -0.3 is 29.6 Å². The van der Waals surface area contributed by atoms with E-state index in [0.717, 1.165) is 5.56 Å². The van der Waals surface area contributed by atoms with Crippen LogP contribution in [0.25, 0.3) is 0 Å². The standard InChI is InChI=1S/C26H28N2O6/c1-5-14-27-25(29)33-23-17(2)28-18(3)24(34-26(30)31-4)22(23)20-12-9-13-21(15-20)32-16-19-10-7-6-8-11-19/h5-13,15,22,28H,1,14,16H2,2-4H3,(H,27,29). The summed E-state index contributed by atoms with van der Waals surface area (Å²) in [5.74, 6) is 0.452. The highest BCUT2D eigenvalue weighted by Crippen LogP contribution is 2.40. The number of carbonyl (C=O) groups is 2. The molecule has 2 aromatic rings. The molecule has 8 heteroatoms. The highest BCUT2D eigenvalue weighted by atomic mass is 16.7. The van der Waals surface area contributed by atoms with E-state index in [2.05, 4.69) is 17.2 Å². The molecule has 1 atom stereocenters. The van der Waals surface area contributed by atoms with E-state index in [-0.39, 0.29) is 18.1 Å². The van der Waals surface area contributed by atoms with Crippen LogP contribution in [-0.2, 0) is 20.8 Å². The first-order valence-electron chi connectivity index (χ1n) is 10.7. The third-order valence-corrected chi connectivity index (χ3v) is 5.03. The van der Waals surface area contributed by atoms with Gasteiger partial charge in [-0.25, -0.2) is 9.59 Å². The Kier molecular flexibility index (Phi) is 8.34. The van der Waals surface area contributed by atoms with Crippen molar-refractivity contribution in [2.45, 2.75) is 26.4 Å². The average molecular weight is 465 g/mol. The highest BCUT2D eigenvalue weighted by molar-refractivity contribution is 5.70. The fourth-order valence-corrected chi connectivity index (χ4v) is 3.48. The van der Waals surface area contributed by atoms with Crippen molar-refractivity contribution in [1.82, 2.24) is 10.6 Å². The topological polar surface area (TPSA) is 95.1 Å². The Morgan fingerprint density at radius 3 is 2.41 bits per heavy atom. The van der Waals surface area contributed by atoms with Gasteiger partial charge in [-0.3, -0.25) is 0 Å². The molecule has 8 nitrogen and oxygen atoms in total. The van der Waals surface area contributed by atoms with Gasteiger partial charge in [0.15, 0.2) is 0 Å². The lowest BCUT2D eigenvalue weighted by Gasteiger charge is -2.30. The Morgan fingerprint density at radius 2 is 1.74 bits per heavy atom. The number of allylic oxidation sites excluding steroid dienone is 2. The summed E-state index contributed by atoms with van der Waals surface area (Å²) in [6.45, 7) is 7.75. The summed E-state index contributed by atoms with van der Waals surface area (Å²) in [7, 11) is 1.22. The number of methoxy groups -OCH3 is 1. The van der Waals surface area contributed by atoms with Crippen LogP contribution in [0.5, 0.6) is 5.75 Å². The summed E-state index contributed by atoms with van der Waals surface area (Å²) in [4.78, 5) is 24.4. The molecule has 0 spiro atoms. The summed E-state index contributed by atoms with van der Waals surface area (Å²) in [6.07, 6.45) is 0.00446. The second kappa shape index (κ2) is 11.6. The van der Waals surface area contributed by atoms with Gasteiger partial charge in [0.2, 0.25) is 0 Å². The number of ether oxygens (including phenoxy) is 4. The van der Waals surface area contributed by atoms with Crippen LogP contribution in [0.3, 0.4) is 0 Å². The second-order valence-corrected chi connectivity index (χ2v) is 7.50. The number of hydrogen-bond donors (Lipinski definition) is 2. The van der Waals surface area contributed by atoms with Crippen LogP contribution in [-0.4, -0.2) is 25.9 Å². The first-order valence-corrected chi connectivity index (χ1v) is 10.7. The van der Waals surface area contributed by atoms with E-state index in [1.54, 1.807) is 19.9 Å². The lowest BCUT2D eigenvalue weighted by atomic mass is 9.90. The predicted molar refractivity (Wildman–Crippen MR) is 127 cm³/mol. The van der Waals surface area contributed by atoms with Crippen LogP contribution in [0.4, 0.5) is 9.59 Å². The van der Waals surface area contributed by atoms with Crippen molar-refractivity contribution in [2.24, 2.45) is 0 Å². The number of alkyl carbamates (subject to hydrolysis) is 1. The molecule has 1 aliphatic heterocycles. The number of amides is 1. The SMILES string of the molecule is C=CCNC(=O)OC1=C(C)NC(C)=C(OC(=O)OC)C1c1cccc(OCc2ccccc2)c1. The first-order chi connectivity index (χ1) is 16.4. The molecular formula is C26H28N2O6. The van der Waals surface area contributed by atoms with Gasteiger partial charge in [-0.2, -0.15) is 0 Å². The van der Waals surface area contributed by atoms with Crippen LogP contribution in [0, 0.1) is 0 Å². The minimum atomic E-state index is -0.882. The number of hydrogen-bond acceptors (Lipinski definition) is 7. The molecule has 0 bridgehead atoms. The molecule has 1 amide bonds. The number of benzene rings is 2. The van der Waals surface area contributed by atoms with Crippen molar-refractivity contribution in [3.05, 3.63) is 101 Å². The molecule has 0 saturated heterocycles. The molecule has 0 aliphatic carbocycles. The van der Waals surface area contributed by atoms with E-state index in [0.29, 0.717) is 29.3 Å². The molecule has 178 valence electrons. The van der Waals surface area contributed by atoms with Crippen molar-refractivity contribution in [2.75, 3.05) is 13.7 Å². The predicted octanol–water partition coefficient (Wildman–Crippen LogP) is 5.11. The Hall–Kier alpha value is -4.20. The largest absolute Gasteiger partial charge is 0.513 e. The molecule has 2 aromatic carbocycles. The fourth-order valence-electron chi connectivity index (χ4n) is 3.48. The van der Waals surface area contributed by atoms with Gasteiger partial charge in [-0.05, 0) is 37.1 Å². The molecule has 3 rings (SSSR count). The minimum Gasteiger partial charge on any atom is -0.489 e. The lowest BCUT2D eigenvalue weighted by Crippen LogP contribution is -2.32. The quantitative estimate of drug-likeness (QED) is 0.414. The van der Waals surface area contributed by atoms with Crippen LogP contribution in [0.2, 0.25) is 0 Å². The molecule has 2 N–H and O–H groups in total. The van der Waals surface area contributed by atoms with Gasteiger partial charge in [-0.1, -0.05) is 48.5 Å². The van der Waals surface area contributed by atoms with E-state index < -0.39 is 18.2 Å². The van der Waals surface area contributed by atoms with Crippen LogP contribution in [0.1, 0.15) is 30.9 Å². The Morgan fingerprint density at radius 1 is 1.03 bits per heavy atom. The van der Waals surface area contributed by atoms with Crippen molar-refractivity contribution in [1.29, 1.82) is 0 Å². The Balaban J connectivity index is 1.95. The average Bonchev–Trinajstić information content (AvgIpc) is 2.85. The maximum Gasteiger partial charge on any atom is 0.513 e. The monoisotopic (exact) mass is 464 g/mol. The van der Waals surface area contributed by atoms with Gasteiger partial charge in [0.1, 0.15) is 29.8 Å². The van der Waals surface area contributed by atoms with E-state index in [1.165, 1.54) is 7.11 Å². The zero-order chi connectivity index (χ0) is 24.5. The van der Waals surface area contributed by atoms with Crippen LogP contribution >= 0.6 is 0 Å². The summed E-state index contributed by atoms with van der Waals surface area (Å²) in [6, 6.07) is 17.1. The maximum atomic E-state index is 12.4. The molecular weight excluding hydrogens is 436 g/mol. The zero-order valence-electron chi connectivity index (χ0n) is 19.4. The number of rotatable bonds is 8. The van der Waals surface area contributed by atoms with Gasteiger partial charge in [0, 0.05) is 6.54 Å². The molecule has 0 saturated carbocycles. The fraction of sp³-hybridized carbons (Fsp3) is 0.231. The molecule has 1 heterocycles. The Labute approximate surface area is 198 Å². The van der Waals surface area contributed by atoms with E-state index in [4.69, 9.17) is 18.9 Å². The third kappa shape index (κ3) is 6.19. The smallest absolute Gasteiger partial charge is 0.489 e. The van der Waals surface area contributed by atoms with Gasteiger partial charge in [-0.15, -0.1) is 6.58 Å². The molecule has 1 aliphatic rings. The molecule has 34 heavy (non-hydrogen) atoms. The van der Waals surface area contributed by atoms with E-state index in [9.17, 15) is 9.59 Å². The summed E-state index contributed by atoms with van der Waals surface area (Å²) >= 11 is 0. The van der Waals surface area contributed by atoms with Crippen molar-refractivity contribution < 1.29 is 28.5 Å². The van der Waals surface area contributed by atoms with Gasteiger partial charge >= 0.3 is 12.2 Å². The normalized spacial score (nSPS) is 15.2. The third-order valence-electron chi connectivity index (χ3n) is 5.03. The maximum absolute atomic E-state index is 12.4. The van der Waals surface area contributed by atoms with Gasteiger partial charge in [0.25, 0.3) is 0 Å². The number of dihydropyridines is 1. The Bertz CT molecular complexity index is 1110. The van der Waals surface area contributed by atoms with Crippen molar-refractivity contribution in [3.63, 3.8) is 0 Å². The van der Waals surface area contributed by atoms with Crippen molar-refractivity contribution >= 4 is 12.2 Å². The summed E-state index contributed by atoms with van der Waals surface area (Å²) < 4.78 is 21.8. The summed E-state index contributed by atoms with van der Waals surface area (Å²) in [5.41, 5.74) is 2.92. The van der Waals surface area contributed by atoms with E-state index >= 15 is 0 Å². The van der Waals surface area contributed by atoms with Crippen LogP contribution < -0.4 is 15.4 Å². The molecule has 0 fully saturated rings. The minimum absolute atomic E-state index is 0.243. The number of carbonyl (C=O) groups excluding carboxylic acids is 2. The lowest BCUT2D eigenvalue weighted by molar-refractivity contribution is 0.0889. The van der Waals surface area contributed by atoms with Crippen molar-refractivity contribution in [3.8, 4) is 5.75 Å². The molecule has 1 unspecified atom stereocenters. The van der Waals surface area contributed by atoms with E-state index in [1.807, 2.05) is 54.6 Å². The molecule has 0 radical (unpaired) electrons. The summed E-state index contributed by atoms with van der Waals surface area (Å²) in [5, 5.41) is 5.69. The second-order valence-electron chi connectivity index (χ2n) is 7.50. The zero-order valence-corrected chi connectivity index (χ0v) is 19.4. The van der Waals surface area contributed by atoms with Crippen LogP contribution in [0.15, 0.2) is 90.2 Å². The first kappa shape index (κ1) is 24.4.